The van der Waals surface area contributed by atoms with Crippen LogP contribution in [0.3, 0.4) is 0 Å². The van der Waals surface area contributed by atoms with E-state index in [0.717, 1.165) is 17.9 Å². The Morgan fingerprint density at radius 3 is 2.42 bits per heavy atom. The van der Waals surface area contributed by atoms with E-state index in [1.807, 2.05) is 58.8 Å². The molecule has 0 bridgehead atoms. The van der Waals surface area contributed by atoms with Gasteiger partial charge in [-0.25, -0.2) is 9.78 Å². The third-order valence-electron chi connectivity index (χ3n) is 3.33. The maximum Gasteiger partial charge on any atom is 0.407 e. The highest BCUT2D eigenvalue weighted by Crippen LogP contribution is 2.15. The largest absolute Gasteiger partial charge is 0.444 e. The molecular formula is C18H29N3O3. The summed E-state index contributed by atoms with van der Waals surface area (Å²) in [6, 6.07) is 3.68. The minimum atomic E-state index is -0.497. The summed E-state index contributed by atoms with van der Waals surface area (Å²) in [7, 11) is 3.84. The standard InChI is InChI=1S/C18H29N3O3/c1-13-14(10-11-16(20-13)21(5)6)15(22)9-7-8-12-19-17(23)24-18(2,3)4/h10-11H,7-9,12H2,1-6H3,(H,19,23). The summed E-state index contributed by atoms with van der Waals surface area (Å²) >= 11 is 0. The number of nitrogens with one attached hydrogen (secondary N) is 1. The van der Waals surface area contributed by atoms with Crippen LogP contribution < -0.4 is 10.2 Å². The Morgan fingerprint density at radius 1 is 1.21 bits per heavy atom. The van der Waals surface area contributed by atoms with Crippen molar-refractivity contribution in [3.05, 3.63) is 23.4 Å². The van der Waals surface area contributed by atoms with Gasteiger partial charge in [-0.2, -0.15) is 0 Å². The normalized spacial score (nSPS) is 11.1. The van der Waals surface area contributed by atoms with E-state index in [1.54, 1.807) is 0 Å². The summed E-state index contributed by atoms with van der Waals surface area (Å²) < 4.78 is 5.15. The van der Waals surface area contributed by atoms with Gasteiger partial charge in [0.25, 0.3) is 0 Å². The van der Waals surface area contributed by atoms with Gasteiger partial charge in [-0.15, -0.1) is 0 Å². The molecule has 0 spiro atoms. The molecule has 134 valence electrons. The van der Waals surface area contributed by atoms with Crippen molar-refractivity contribution in [2.75, 3.05) is 25.5 Å². The summed E-state index contributed by atoms with van der Waals surface area (Å²) in [5.41, 5.74) is 0.919. The smallest absolute Gasteiger partial charge is 0.407 e. The first kappa shape index (κ1) is 19.9. The molecule has 0 aromatic carbocycles. The third-order valence-corrected chi connectivity index (χ3v) is 3.33. The molecule has 0 atom stereocenters. The molecule has 1 aromatic rings. The van der Waals surface area contributed by atoms with Gasteiger partial charge in [0, 0.05) is 32.6 Å². The van der Waals surface area contributed by atoms with Gasteiger partial charge in [-0.3, -0.25) is 4.79 Å². The van der Waals surface area contributed by atoms with E-state index in [4.69, 9.17) is 4.74 Å². The summed E-state index contributed by atoms with van der Waals surface area (Å²) in [5.74, 6) is 0.924. The van der Waals surface area contributed by atoms with Crippen LogP contribution in [0.25, 0.3) is 0 Å². The lowest BCUT2D eigenvalue weighted by Crippen LogP contribution is -2.33. The fraction of sp³-hybridized carbons (Fsp3) is 0.611. The summed E-state index contributed by atoms with van der Waals surface area (Å²) in [6.45, 7) is 7.82. The van der Waals surface area contributed by atoms with Gasteiger partial charge in [-0.1, -0.05) is 0 Å². The lowest BCUT2D eigenvalue weighted by molar-refractivity contribution is 0.0527. The lowest BCUT2D eigenvalue weighted by Gasteiger charge is -2.19. The van der Waals surface area contributed by atoms with Crippen LogP contribution in [0.1, 0.15) is 56.1 Å². The van der Waals surface area contributed by atoms with Crippen LogP contribution in [-0.4, -0.2) is 43.1 Å². The number of hydrogen-bond acceptors (Lipinski definition) is 5. The lowest BCUT2D eigenvalue weighted by atomic mass is 10.0. The number of carbonyl (C=O) groups is 2. The van der Waals surface area contributed by atoms with Crippen molar-refractivity contribution in [1.82, 2.24) is 10.3 Å². The van der Waals surface area contributed by atoms with Gasteiger partial charge < -0.3 is 15.0 Å². The first-order valence-corrected chi connectivity index (χ1v) is 8.25. The number of unbranched alkanes of at least 4 members (excludes halogenated alkanes) is 1. The first-order valence-electron chi connectivity index (χ1n) is 8.25. The molecule has 0 saturated heterocycles. The van der Waals surface area contributed by atoms with Crippen LogP contribution in [0, 0.1) is 6.92 Å². The fourth-order valence-corrected chi connectivity index (χ4v) is 2.14. The fourth-order valence-electron chi connectivity index (χ4n) is 2.14. The van der Waals surface area contributed by atoms with E-state index in [0.29, 0.717) is 24.9 Å². The van der Waals surface area contributed by atoms with Gasteiger partial charge in [-0.05, 0) is 52.7 Å². The second kappa shape index (κ2) is 8.66. The molecule has 6 heteroatoms. The number of hydrogen-bond donors (Lipinski definition) is 1. The highest BCUT2D eigenvalue weighted by Gasteiger charge is 2.15. The Kier molecular flexibility index (Phi) is 7.19. The summed E-state index contributed by atoms with van der Waals surface area (Å²) in [4.78, 5) is 30.1. The monoisotopic (exact) mass is 335 g/mol. The first-order chi connectivity index (χ1) is 11.1. The molecule has 6 nitrogen and oxygen atoms in total. The molecule has 0 aliphatic rings. The number of ether oxygens (including phenoxy) is 1. The number of carbonyl (C=O) groups excluding carboxylic acids is 2. The van der Waals surface area contributed by atoms with E-state index in [1.165, 1.54) is 0 Å². The number of amides is 1. The molecule has 0 aliphatic carbocycles. The second-order valence-electron chi connectivity index (χ2n) is 7.01. The predicted octanol–water partition coefficient (Wildman–Crippen LogP) is 3.33. The zero-order valence-corrected chi connectivity index (χ0v) is 15.6. The third kappa shape index (κ3) is 6.98. The molecular weight excluding hydrogens is 306 g/mol. The second-order valence-corrected chi connectivity index (χ2v) is 7.01. The van der Waals surface area contributed by atoms with Crippen molar-refractivity contribution in [1.29, 1.82) is 0 Å². The van der Waals surface area contributed by atoms with Crippen LogP contribution in [-0.2, 0) is 4.74 Å². The Hall–Kier alpha value is -2.11. The van der Waals surface area contributed by atoms with Crippen molar-refractivity contribution >= 4 is 17.7 Å². The average Bonchev–Trinajstić information content (AvgIpc) is 2.44. The Balaban J connectivity index is 2.36. The van der Waals surface area contributed by atoms with Gasteiger partial charge in [0.15, 0.2) is 5.78 Å². The van der Waals surface area contributed by atoms with E-state index >= 15 is 0 Å². The molecule has 24 heavy (non-hydrogen) atoms. The number of alkyl carbamates (subject to hydrolysis) is 1. The molecule has 0 saturated carbocycles. The van der Waals surface area contributed by atoms with Crippen molar-refractivity contribution < 1.29 is 14.3 Å². The van der Waals surface area contributed by atoms with E-state index in [9.17, 15) is 9.59 Å². The molecule has 1 N–H and O–H groups in total. The maximum absolute atomic E-state index is 12.3. The van der Waals surface area contributed by atoms with Crippen molar-refractivity contribution in [3.8, 4) is 0 Å². The van der Waals surface area contributed by atoms with E-state index in [-0.39, 0.29) is 5.78 Å². The highest BCUT2D eigenvalue weighted by atomic mass is 16.6. The number of rotatable bonds is 7. The number of aromatic nitrogens is 1. The molecule has 1 heterocycles. The molecule has 0 radical (unpaired) electrons. The number of Topliss-reactive ketones (excluding diaryl/α,β-unsaturated/α-hetero) is 1. The Bertz CT molecular complexity index is 577. The Labute approximate surface area is 144 Å². The number of pyridine rings is 1. The Morgan fingerprint density at radius 2 is 1.88 bits per heavy atom. The van der Waals surface area contributed by atoms with Crippen LogP contribution in [0.15, 0.2) is 12.1 Å². The average molecular weight is 335 g/mol. The number of ketones is 1. The number of anilines is 1. The topological polar surface area (TPSA) is 71.5 Å². The number of aryl methyl sites for hydroxylation is 1. The summed E-state index contributed by atoms with van der Waals surface area (Å²) in [6.07, 6.45) is 1.46. The SMILES string of the molecule is Cc1nc(N(C)C)ccc1C(=O)CCCCNC(=O)OC(C)(C)C. The van der Waals surface area contributed by atoms with Crippen LogP contribution >= 0.6 is 0 Å². The molecule has 0 aliphatic heterocycles. The zero-order valence-electron chi connectivity index (χ0n) is 15.6. The minimum absolute atomic E-state index is 0.0857. The molecule has 0 unspecified atom stereocenters. The minimum Gasteiger partial charge on any atom is -0.444 e. The maximum atomic E-state index is 12.3. The van der Waals surface area contributed by atoms with Crippen molar-refractivity contribution in [3.63, 3.8) is 0 Å². The molecule has 1 aromatic heterocycles. The number of nitrogens with zero attached hydrogens (tertiary/aromatic N) is 2. The van der Waals surface area contributed by atoms with E-state index in [2.05, 4.69) is 10.3 Å². The van der Waals surface area contributed by atoms with Gasteiger partial charge in [0.05, 0.1) is 5.69 Å². The summed E-state index contributed by atoms with van der Waals surface area (Å²) in [5, 5.41) is 2.69. The molecule has 1 amide bonds. The quantitative estimate of drug-likeness (QED) is 0.611. The van der Waals surface area contributed by atoms with E-state index < -0.39 is 11.7 Å². The van der Waals surface area contributed by atoms with Crippen LogP contribution in [0.4, 0.5) is 10.6 Å². The highest BCUT2D eigenvalue weighted by molar-refractivity contribution is 5.97. The van der Waals surface area contributed by atoms with Gasteiger partial charge in [0.2, 0.25) is 0 Å². The van der Waals surface area contributed by atoms with Gasteiger partial charge in [0.1, 0.15) is 11.4 Å². The predicted molar refractivity (Wildman–Crippen MR) is 95.7 cm³/mol. The van der Waals surface area contributed by atoms with Crippen LogP contribution in [0.5, 0.6) is 0 Å². The van der Waals surface area contributed by atoms with Gasteiger partial charge >= 0.3 is 6.09 Å². The van der Waals surface area contributed by atoms with Crippen molar-refractivity contribution in [2.45, 2.75) is 52.6 Å². The molecule has 1 rings (SSSR count). The van der Waals surface area contributed by atoms with Crippen LogP contribution in [0.2, 0.25) is 0 Å². The zero-order chi connectivity index (χ0) is 18.3. The van der Waals surface area contributed by atoms with Crippen molar-refractivity contribution in [2.24, 2.45) is 0 Å². The molecule has 0 fully saturated rings.